The van der Waals surface area contributed by atoms with Crippen LogP contribution >= 0.6 is 15.9 Å². The minimum Gasteiger partial charge on any atom is -0.387 e. The number of benzene rings is 1. The average molecular weight is 272 g/mol. The standard InChI is InChI=1S/C12H18BrNO/c1-3-6-14-8-12(15)10-5-4-9(2)11(13)7-10/h4-5,7,12,14-15H,3,6,8H2,1-2H3. The van der Waals surface area contributed by atoms with Gasteiger partial charge in [0.05, 0.1) is 6.10 Å². The fourth-order valence-electron chi connectivity index (χ4n) is 1.35. The normalized spacial score (nSPS) is 12.8. The third-order valence-electron chi connectivity index (χ3n) is 2.35. The van der Waals surface area contributed by atoms with Crippen molar-refractivity contribution in [3.05, 3.63) is 33.8 Å². The smallest absolute Gasteiger partial charge is 0.0914 e. The van der Waals surface area contributed by atoms with Crippen molar-refractivity contribution in [2.75, 3.05) is 13.1 Å². The number of hydrogen-bond acceptors (Lipinski definition) is 2. The summed E-state index contributed by atoms with van der Waals surface area (Å²) >= 11 is 3.46. The summed E-state index contributed by atoms with van der Waals surface area (Å²) in [6, 6.07) is 5.97. The molecule has 1 atom stereocenters. The zero-order valence-electron chi connectivity index (χ0n) is 9.26. The van der Waals surface area contributed by atoms with Crippen LogP contribution in [0.15, 0.2) is 22.7 Å². The van der Waals surface area contributed by atoms with Crippen LogP contribution in [0.2, 0.25) is 0 Å². The van der Waals surface area contributed by atoms with Crippen molar-refractivity contribution >= 4 is 15.9 Å². The molecule has 1 rings (SSSR count). The Morgan fingerprint density at radius 3 is 2.80 bits per heavy atom. The summed E-state index contributed by atoms with van der Waals surface area (Å²) in [6.45, 7) is 5.71. The minimum absolute atomic E-state index is 0.423. The Balaban J connectivity index is 2.57. The molecule has 15 heavy (non-hydrogen) atoms. The van der Waals surface area contributed by atoms with Crippen LogP contribution in [0.1, 0.15) is 30.6 Å². The monoisotopic (exact) mass is 271 g/mol. The highest BCUT2D eigenvalue weighted by molar-refractivity contribution is 9.10. The van der Waals surface area contributed by atoms with E-state index in [9.17, 15) is 5.11 Å². The van der Waals surface area contributed by atoms with Gasteiger partial charge in [0, 0.05) is 11.0 Å². The first kappa shape index (κ1) is 12.7. The molecule has 2 N–H and O–H groups in total. The molecule has 0 radical (unpaired) electrons. The molecule has 0 bridgehead atoms. The van der Waals surface area contributed by atoms with Gasteiger partial charge in [-0.15, -0.1) is 0 Å². The third-order valence-corrected chi connectivity index (χ3v) is 3.20. The van der Waals surface area contributed by atoms with Crippen LogP contribution in [0.25, 0.3) is 0 Å². The van der Waals surface area contributed by atoms with E-state index < -0.39 is 6.10 Å². The first-order valence-corrected chi connectivity index (χ1v) is 6.09. The highest BCUT2D eigenvalue weighted by Crippen LogP contribution is 2.21. The number of nitrogens with one attached hydrogen (secondary N) is 1. The van der Waals surface area contributed by atoms with Gasteiger partial charge < -0.3 is 10.4 Å². The van der Waals surface area contributed by atoms with E-state index in [2.05, 4.69) is 28.2 Å². The lowest BCUT2D eigenvalue weighted by Crippen LogP contribution is -2.22. The first-order valence-electron chi connectivity index (χ1n) is 5.30. The molecule has 2 nitrogen and oxygen atoms in total. The second-order valence-corrected chi connectivity index (χ2v) is 4.58. The Labute approximate surface area is 99.8 Å². The Kier molecular flexibility index (Phi) is 5.29. The van der Waals surface area contributed by atoms with Gasteiger partial charge in [-0.2, -0.15) is 0 Å². The van der Waals surface area contributed by atoms with Gasteiger partial charge in [0.25, 0.3) is 0 Å². The summed E-state index contributed by atoms with van der Waals surface area (Å²) in [5.41, 5.74) is 2.14. The van der Waals surface area contributed by atoms with E-state index in [4.69, 9.17) is 0 Å². The van der Waals surface area contributed by atoms with Crippen LogP contribution in [0, 0.1) is 6.92 Å². The van der Waals surface area contributed by atoms with Crippen molar-refractivity contribution in [3.8, 4) is 0 Å². The highest BCUT2D eigenvalue weighted by atomic mass is 79.9. The number of halogens is 1. The van der Waals surface area contributed by atoms with E-state index in [0.717, 1.165) is 23.0 Å². The molecule has 0 aliphatic carbocycles. The van der Waals surface area contributed by atoms with Gasteiger partial charge in [-0.05, 0) is 37.1 Å². The van der Waals surface area contributed by atoms with E-state index in [1.165, 1.54) is 5.56 Å². The van der Waals surface area contributed by atoms with Crippen LogP contribution in [0.4, 0.5) is 0 Å². The second-order valence-electron chi connectivity index (χ2n) is 3.73. The van der Waals surface area contributed by atoms with Crippen molar-refractivity contribution in [3.63, 3.8) is 0 Å². The molecule has 0 amide bonds. The van der Waals surface area contributed by atoms with Gasteiger partial charge >= 0.3 is 0 Å². The quantitative estimate of drug-likeness (QED) is 0.808. The van der Waals surface area contributed by atoms with E-state index >= 15 is 0 Å². The molecule has 1 unspecified atom stereocenters. The zero-order valence-corrected chi connectivity index (χ0v) is 10.8. The van der Waals surface area contributed by atoms with Crippen molar-refractivity contribution < 1.29 is 5.11 Å². The Morgan fingerprint density at radius 1 is 1.47 bits per heavy atom. The van der Waals surface area contributed by atoms with Gasteiger partial charge in [0.2, 0.25) is 0 Å². The number of aryl methyl sites for hydroxylation is 1. The summed E-state index contributed by atoms with van der Waals surface area (Å²) in [6.07, 6.45) is 0.665. The molecular weight excluding hydrogens is 254 g/mol. The van der Waals surface area contributed by atoms with Gasteiger partial charge in [-0.1, -0.05) is 35.0 Å². The molecule has 0 saturated heterocycles. The summed E-state index contributed by atoms with van der Waals surface area (Å²) in [4.78, 5) is 0. The fraction of sp³-hybridized carbons (Fsp3) is 0.500. The maximum atomic E-state index is 9.88. The van der Waals surface area contributed by atoms with Crippen LogP contribution in [0.3, 0.4) is 0 Å². The van der Waals surface area contributed by atoms with Gasteiger partial charge in [-0.25, -0.2) is 0 Å². The largest absolute Gasteiger partial charge is 0.387 e. The molecule has 3 heteroatoms. The number of aliphatic hydroxyl groups is 1. The molecular formula is C12H18BrNO. The van der Waals surface area contributed by atoms with Crippen LogP contribution < -0.4 is 5.32 Å². The molecule has 1 aromatic carbocycles. The lowest BCUT2D eigenvalue weighted by atomic mass is 10.1. The lowest BCUT2D eigenvalue weighted by Gasteiger charge is -2.12. The molecule has 0 fully saturated rings. The summed E-state index contributed by atoms with van der Waals surface area (Å²) in [5, 5.41) is 13.1. The van der Waals surface area contributed by atoms with Crippen LogP contribution in [-0.2, 0) is 0 Å². The Bertz CT molecular complexity index is 314. The van der Waals surface area contributed by atoms with Crippen molar-refractivity contribution in [2.45, 2.75) is 26.4 Å². The SMILES string of the molecule is CCCNCC(O)c1ccc(C)c(Br)c1. The Hall–Kier alpha value is -0.380. The topological polar surface area (TPSA) is 32.3 Å². The van der Waals surface area contributed by atoms with Crippen LogP contribution in [0.5, 0.6) is 0 Å². The van der Waals surface area contributed by atoms with E-state index in [1.54, 1.807) is 0 Å². The fourth-order valence-corrected chi connectivity index (χ4v) is 1.75. The zero-order chi connectivity index (χ0) is 11.3. The van der Waals surface area contributed by atoms with E-state index in [1.807, 2.05) is 25.1 Å². The van der Waals surface area contributed by atoms with Crippen molar-refractivity contribution in [1.29, 1.82) is 0 Å². The molecule has 0 heterocycles. The summed E-state index contributed by atoms with van der Waals surface area (Å²) in [5.74, 6) is 0. The average Bonchev–Trinajstić information content (AvgIpc) is 2.22. The molecule has 1 aromatic rings. The third kappa shape index (κ3) is 3.93. The second kappa shape index (κ2) is 6.26. The maximum Gasteiger partial charge on any atom is 0.0914 e. The lowest BCUT2D eigenvalue weighted by molar-refractivity contribution is 0.175. The summed E-state index contributed by atoms with van der Waals surface area (Å²) < 4.78 is 1.05. The number of aliphatic hydroxyl groups excluding tert-OH is 1. The molecule has 0 saturated carbocycles. The molecule has 0 aliphatic rings. The van der Waals surface area contributed by atoms with Gasteiger partial charge in [-0.3, -0.25) is 0 Å². The van der Waals surface area contributed by atoms with E-state index in [-0.39, 0.29) is 0 Å². The Morgan fingerprint density at radius 2 is 2.20 bits per heavy atom. The summed E-state index contributed by atoms with van der Waals surface area (Å²) in [7, 11) is 0. The molecule has 0 aromatic heterocycles. The van der Waals surface area contributed by atoms with Crippen molar-refractivity contribution in [1.82, 2.24) is 5.32 Å². The molecule has 0 spiro atoms. The first-order chi connectivity index (χ1) is 7.15. The van der Waals surface area contributed by atoms with Crippen LogP contribution in [-0.4, -0.2) is 18.2 Å². The molecule has 84 valence electrons. The number of rotatable bonds is 5. The highest BCUT2D eigenvalue weighted by Gasteiger charge is 2.07. The van der Waals surface area contributed by atoms with Gasteiger partial charge in [0.15, 0.2) is 0 Å². The van der Waals surface area contributed by atoms with E-state index in [0.29, 0.717) is 6.54 Å². The molecule has 0 aliphatic heterocycles. The predicted octanol–water partition coefficient (Wildman–Crippen LogP) is 2.79. The predicted molar refractivity (Wildman–Crippen MR) is 67.0 cm³/mol. The number of hydrogen-bond donors (Lipinski definition) is 2. The van der Waals surface area contributed by atoms with Gasteiger partial charge in [0.1, 0.15) is 0 Å². The van der Waals surface area contributed by atoms with Crippen molar-refractivity contribution in [2.24, 2.45) is 0 Å². The maximum absolute atomic E-state index is 9.88. The minimum atomic E-state index is -0.423.